The molecular formula is C15H13NO5. The molecule has 108 valence electrons. The fourth-order valence-electron chi connectivity index (χ4n) is 1.39. The lowest BCUT2D eigenvalue weighted by atomic mass is 10.1. The average Bonchev–Trinajstić information content (AvgIpc) is 2.49. The molecule has 6 nitrogen and oxygen atoms in total. The van der Waals surface area contributed by atoms with Gasteiger partial charge in [-0.1, -0.05) is 36.4 Å². The second-order valence-corrected chi connectivity index (χ2v) is 3.90. The Kier molecular flexibility index (Phi) is 6.27. The van der Waals surface area contributed by atoms with E-state index in [2.05, 4.69) is 4.98 Å². The smallest absolute Gasteiger partial charge is 0.414 e. The number of benzene rings is 1. The van der Waals surface area contributed by atoms with Gasteiger partial charge in [-0.15, -0.1) is 0 Å². The molecule has 0 saturated heterocycles. The van der Waals surface area contributed by atoms with Crippen molar-refractivity contribution < 1.29 is 24.6 Å². The Labute approximate surface area is 120 Å². The molecule has 0 radical (unpaired) electrons. The maximum Gasteiger partial charge on any atom is 0.414 e. The monoisotopic (exact) mass is 287 g/mol. The van der Waals surface area contributed by atoms with Crippen molar-refractivity contribution in [3.05, 3.63) is 66.0 Å². The van der Waals surface area contributed by atoms with Crippen LogP contribution in [0.1, 0.15) is 16.1 Å². The van der Waals surface area contributed by atoms with Gasteiger partial charge in [-0.2, -0.15) is 0 Å². The van der Waals surface area contributed by atoms with Crippen molar-refractivity contribution in [1.29, 1.82) is 0 Å². The van der Waals surface area contributed by atoms with Gasteiger partial charge in [-0.05, 0) is 12.1 Å². The molecular weight excluding hydrogens is 274 g/mol. The highest BCUT2D eigenvalue weighted by atomic mass is 16.4. The second-order valence-electron chi connectivity index (χ2n) is 3.90. The lowest BCUT2D eigenvalue weighted by Gasteiger charge is -1.99. The Hall–Kier alpha value is -3.02. The van der Waals surface area contributed by atoms with Crippen LogP contribution in [0.25, 0.3) is 0 Å². The molecule has 2 rings (SSSR count). The van der Waals surface area contributed by atoms with Crippen LogP contribution >= 0.6 is 0 Å². The SMILES string of the molecule is O=C(Cc1ccccn1)c1ccccc1.O=C(O)C(=O)O. The van der Waals surface area contributed by atoms with Crippen molar-refractivity contribution in [2.45, 2.75) is 6.42 Å². The van der Waals surface area contributed by atoms with E-state index in [-0.39, 0.29) is 5.78 Å². The Morgan fingerprint density at radius 2 is 1.43 bits per heavy atom. The molecule has 2 aromatic rings. The first-order chi connectivity index (χ1) is 10.0. The molecule has 0 unspecified atom stereocenters. The number of pyridine rings is 1. The van der Waals surface area contributed by atoms with E-state index in [0.29, 0.717) is 6.42 Å². The van der Waals surface area contributed by atoms with Gasteiger partial charge in [0.15, 0.2) is 5.78 Å². The van der Waals surface area contributed by atoms with Crippen molar-refractivity contribution in [2.24, 2.45) is 0 Å². The van der Waals surface area contributed by atoms with Crippen LogP contribution < -0.4 is 0 Å². The number of hydrogen-bond donors (Lipinski definition) is 2. The number of aliphatic carboxylic acids is 2. The van der Waals surface area contributed by atoms with Crippen LogP contribution in [0.3, 0.4) is 0 Å². The summed E-state index contributed by atoms with van der Waals surface area (Å²) in [6.45, 7) is 0. The van der Waals surface area contributed by atoms with Crippen LogP contribution in [-0.2, 0) is 16.0 Å². The van der Waals surface area contributed by atoms with Gasteiger partial charge in [0.2, 0.25) is 0 Å². The molecule has 0 aliphatic rings. The molecule has 0 bridgehead atoms. The quantitative estimate of drug-likeness (QED) is 0.657. The Morgan fingerprint density at radius 3 is 1.90 bits per heavy atom. The normalized spacial score (nSPS) is 9.14. The molecule has 1 aromatic carbocycles. The van der Waals surface area contributed by atoms with Crippen LogP contribution in [0.4, 0.5) is 0 Å². The number of aromatic nitrogens is 1. The molecule has 0 atom stereocenters. The van der Waals surface area contributed by atoms with Crippen molar-refractivity contribution in [3.8, 4) is 0 Å². The summed E-state index contributed by atoms with van der Waals surface area (Å²) in [7, 11) is 0. The van der Waals surface area contributed by atoms with E-state index >= 15 is 0 Å². The lowest BCUT2D eigenvalue weighted by molar-refractivity contribution is -0.159. The number of rotatable bonds is 3. The predicted molar refractivity (Wildman–Crippen MR) is 74.0 cm³/mol. The Balaban J connectivity index is 0.000000315. The number of carbonyl (C=O) groups excluding carboxylic acids is 1. The summed E-state index contributed by atoms with van der Waals surface area (Å²) in [5.41, 5.74) is 1.55. The second kappa shape index (κ2) is 8.21. The highest BCUT2D eigenvalue weighted by Gasteiger charge is 2.06. The zero-order valence-corrected chi connectivity index (χ0v) is 11.0. The molecule has 1 heterocycles. The molecule has 0 saturated carbocycles. The van der Waals surface area contributed by atoms with Crippen LogP contribution in [0.15, 0.2) is 54.7 Å². The van der Waals surface area contributed by atoms with E-state index in [9.17, 15) is 4.79 Å². The van der Waals surface area contributed by atoms with E-state index in [1.54, 1.807) is 6.20 Å². The number of hydrogen-bond acceptors (Lipinski definition) is 4. The van der Waals surface area contributed by atoms with E-state index in [1.165, 1.54) is 0 Å². The summed E-state index contributed by atoms with van der Waals surface area (Å²) in [6.07, 6.45) is 2.07. The first kappa shape index (κ1) is 16.0. The van der Waals surface area contributed by atoms with Crippen molar-refractivity contribution in [2.75, 3.05) is 0 Å². The van der Waals surface area contributed by atoms with Gasteiger partial charge in [0, 0.05) is 17.5 Å². The van der Waals surface area contributed by atoms with Crippen LogP contribution in [0, 0.1) is 0 Å². The van der Waals surface area contributed by atoms with E-state index in [0.717, 1.165) is 11.3 Å². The fourth-order valence-corrected chi connectivity index (χ4v) is 1.39. The molecule has 0 aliphatic carbocycles. The topological polar surface area (TPSA) is 105 Å². The number of carboxylic acid groups (broad SMARTS) is 2. The molecule has 0 aliphatic heterocycles. The van der Waals surface area contributed by atoms with E-state index < -0.39 is 11.9 Å². The largest absolute Gasteiger partial charge is 0.473 e. The summed E-state index contributed by atoms with van der Waals surface area (Å²) >= 11 is 0. The number of Topliss-reactive ketones (excluding diaryl/α,β-unsaturated/α-hetero) is 1. The van der Waals surface area contributed by atoms with Crippen molar-refractivity contribution >= 4 is 17.7 Å². The highest BCUT2D eigenvalue weighted by molar-refractivity contribution is 6.27. The summed E-state index contributed by atoms with van der Waals surface area (Å²) in [5, 5.41) is 14.8. The summed E-state index contributed by atoms with van der Waals surface area (Å²) < 4.78 is 0. The third kappa shape index (κ3) is 6.11. The minimum atomic E-state index is -1.82. The maximum atomic E-state index is 11.8. The highest BCUT2D eigenvalue weighted by Crippen LogP contribution is 2.04. The number of carboxylic acids is 2. The third-order valence-electron chi connectivity index (χ3n) is 2.35. The zero-order valence-electron chi connectivity index (χ0n) is 11.0. The van der Waals surface area contributed by atoms with Crippen molar-refractivity contribution in [1.82, 2.24) is 4.98 Å². The van der Waals surface area contributed by atoms with Gasteiger partial charge < -0.3 is 10.2 Å². The van der Waals surface area contributed by atoms with Gasteiger partial charge in [0.05, 0.1) is 6.42 Å². The summed E-state index contributed by atoms with van der Waals surface area (Å²) in [4.78, 5) is 34.1. The molecule has 2 N–H and O–H groups in total. The average molecular weight is 287 g/mol. The minimum absolute atomic E-state index is 0.106. The standard InChI is InChI=1S/C13H11NO.C2H2O4/c15-13(11-6-2-1-3-7-11)10-12-8-4-5-9-14-12;3-1(4)2(5)6/h1-9H,10H2;(H,3,4)(H,5,6). The number of ketones is 1. The molecule has 0 spiro atoms. The third-order valence-corrected chi connectivity index (χ3v) is 2.35. The van der Waals surface area contributed by atoms with Crippen LogP contribution in [0.5, 0.6) is 0 Å². The molecule has 0 fully saturated rings. The van der Waals surface area contributed by atoms with Gasteiger partial charge in [-0.3, -0.25) is 9.78 Å². The lowest BCUT2D eigenvalue weighted by Crippen LogP contribution is -2.09. The van der Waals surface area contributed by atoms with Gasteiger partial charge in [0.1, 0.15) is 0 Å². The molecule has 6 heteroatoms. The minimum Gasteiger partial charge on any atom is -0.473 e. The van der Waals surface area contributed by atoms with Crippen molar-refractivity contribution in [3.63, 3.8) is 0 Å². The summed E-state index contributed by atoms with van der Waals surface area (Å²) in [6, 6.07) is 14.9. The summed E-state index contributed by atoms with van der Waals surface area (Å²) in [5.74, 6) is -3.54. The van der Waals surface area contributed by atoms with Gasteiger partial charge in [-0.25, -0.2) is 9.59 Å². The first-order valence-corrected chi connectivity index (χ1v) is 5.95. The Morgan fingerprint density at radius 1 is 0.857 bits per heavy atom. The zero-order chi connectivity index (χ0) is 15.7. The van der Waals surface area contributed by atoms with Gasteiger partial charge in [0.25, 0.3) is 0 Å². The van der Waals surface area contributed by atoms with E-state index in [1.807, 2.05) is 48.5 Å². The molecule has 1 aromatic heterocycles. The molecule has 0 amide bonds. The maximum absolute atomic E-state index is 11.8. The van der Waals surface area contributed by atoms with E-state index in [4.69, 9.17) is 19.8 Å². The fraction of sp³-hybridized carbons (Fsp3) is 0.0667. The first-order valence-electron chi connectivity index (χ1n) is 5.95. The van der Waals surface area contributed by atoms with Gasteiger partial charge >= 0.3 is 11.9 Å². The number of carbonyl (C=O) groups is 3. The van der Waals surface area contributed by atoms with Crippen LogP contribution in [0.2, 0.25) is 0 Å². The number of nitrogens with zero attached hydrogens (tertiary/aromatic N) is 1. The molecule has 21 heavy (non-hydrogen) atoms. The van der Waals surface area contributed by atoms with Crippen LogP contribution in [-0.4, -0.2) is 32.9 Å². The predicted octanol–water partition coefficient (Wildman–Crippen LogP) is 1.66. The Bertz CT molecular complexity index is 598.